The Kier molecular flexibility index (Phi) is 7.23. The van der Waals surface area contributed by atoms with Crippen molar-refractivity contribution in [3.8, 4) is 0 Å². The molecule has 0 bridgehead atoms. The highest BCUT2D eigenvalue weighted by molar-refractivity contribution is 7.88. The number of β-lactam (4-membered cyclic amide) rings is 1. The number of nitrogen functional groups attached to an aromatic ring is 1. The maximum atomic E-state index is 12.7. The molecule has 5 amide bonds. The summed E-state index contributed by atoms with van der Waals surface area (Å²) in [5, 5.41) is 16.4. The highest BCUT2D eigenvalue weighted by Crippen LogP contribution is 2.16. The Morgan fingerprint density at radius 1 is 1.33 bits per heavy atom. The maximum Gasteiger partial charge on any atom is 0.350 e. The number of nitrogens with two attached hydrogens (primary N) is 1. The summed E-state index contributed by atoms with van der Waals surface area (Å²) in [6.45, 7) is 2.87. The summed E-state index contributed by atoms with van der Waals surface area (Å²) in [6.07, 6.45) is 0. The van der Waals surface area contributed by atoms with Crippen molar-refractivity contribution in [2.75, 3.05) is 12.3 Å². The van der Waals surface area contributed by atoms with Crippen LogP contribution in [0.25, 0.3) is 0 Å². The van der Waals surface area contributed by atoms with Crippen molar-refractivity contribution in [2.45, 2.75) is 32.4 Å². The number of amides is 5. The van der Waals surface area contributed by atoms with Gasteiger partial charge < -0.3 is 21.0 Å². The lowest BCUT2D eigenvalue weighted by Gasteiger charge is -2.36. The van der Waals surface area contributed by atoms with Gasteiger partial charge in [-0.15, -0.1) is 11.3 Å². The van der Waals surface area contributed by atoms with E-state index in [1.165, 1.54) is 28.7 Å². The predicted molar refractivity (Wildman–Crippen MR) is 111 cm³/mol. The Hall–Kier alpha value is -3.80. The fourth-order valence-electron chi connectivity index (χ4n) is 2.13. The minimum Gasteiger partial charge on any atom is -0.478 e. The predicted octanol–water partition coefficient (Wildman–Crippen LogP) is -2.27. The molecule has 1 aromatic heterocycles. The van der Waals surface area contributed by atoms with Gasteiger partial charge in [0.2, 0.25) is 11.5 Å². The highest BCUT2D eigenvalue weighted by Gasteiger charge is 2.43. The lowest BCUT2D eigenvalue weighted by Crippen LogP contribution is -2.68. The molecule has 0 radical (unpaired) electrons. The van der Waals surface area contributed by atoms with E-state index in [9.17, 15) is 32.4 Å². The quantitative estimate of drug-likeness (QED) is 0.143. The van der Waals surface area contributed by atoms with E-state index in [-0.39, 0.29) is 10.8 Å². The molecular formula is C15H19N7O9S2. The van der Waals surface area contributed by atoms with Crippen LogP contribution in [0.3, 0.4) is 0 Å². The van der Waals surface area contributed by atoms with Crippen LogP contribution in [0.5, 0.6) is 0 Å². The molecule has 1 atom stereocenters. The minimum atomic E-state index is -4.52. The van der Waals surface area contributed by atoms with Gasteiger partial charge in [0.15, 0.2) is 10.8 Å². The monoisotopic (exact) mass is 505 g/mol. The van der Waals surface area contributed by atoms with E-state index in [1.54, 1.807) is 0 Å². The third kappa shape index (κ3) is 6.35. The third-order valence-electron chi connectivity index (χ3n) is 3.84. The van der Waals surface area contributed by atoms with Gasteiger partial charge in [-0.3, -0.25) is 19.3 Å². The smallest absolute Gasteiger partial charge is 0.350 e. The summed E-state index contributed by atoms with van der Waals surface area (Å²) in [6, 6.07) is -2.58. The first kappa shape index (κ1) is 25.5. The van der Waals surface area contributed by atoms with Gasteiger partial charge in [0.05, 0.1) is 6.54 Å². The number of imide groups is 1. The van der Waals surface area contributed by atoms with Gasteiger partial charge >= 0.3 is 22.2 Å². The number of hydrogen-bond acceptors (Lipinski definition) is 12. The third-order valence-corrected chi connectivity index (χ3v) is 5.51. The SMILES string of the molecule is CC(=O)NS(=O)(=O)NC(=O)N1CC(NC(=O)/C(=N\OC(C)(C)C(=O)O)c2csc(N)n2)C1=O. The number of thiazole rings is 1. The number of rotatable bonds is 8. The molecule has 2 rings (SSSR count). The van der Waals surface area contributed by atoms with Gasteiger partial charge in [-0.05, 0) is 13.8 Å². The number of likely N-dealkylation sites (tertiary alicyclic amines) is 1. The number of aliphatic carboxylic acids is 1. The molecule has 180 valence electrons. The molecule has 16 nitrogen and oxygen atoms in total. The Bertz CT molecular complexity index is 1140. The molecule has 1 saturated heterocycles. The molecule has 18 heteroatoms. The average molecular weight is 505 g/mol. The highest BCUT2D eigenvalue weighted by atomic mass is 32.2. The van der Waals surface area contributed by atoms with E-state index >= 15 is 0 Å². The lowest BCUT2D eigenvalue weighted by molar-refractivity contribution is -0.161. The Balaban J connectivity index is 2.10. The van der Waals surface area contributed by atoms with Crippen molar-refractivity contribution in [1.29, 1.82) is 0 Å². The second-order valence-electron chi connectivity index (χ2n) is 6.96. The molecule has 1 unspecified atom stereocenters. The van der Waals surface area contributed by atoms with Gasteiger partial charge in [-0.2, -0.15) is 8.42 Å². The fourth-order valence-corrected chi connectivity index (χ4v) is 3.45. The van der Waals surface area contributed by atoms with Crippen LogP contribution in [0.15, 0.2) is 10.5 Å². The zero-order chi connectivity index (χ0) is 25.1. The minimum absolute atomic E-state index is 0.0565. The van der Waals surface area contributed by atoms with Gasteiger partial charge in [0.25, 0.3) is 11.8 Å². The summed E-state index contributed by atoms with van der Waals surface area (Å²) in [7, 11) is -4.52. The number of aromatic nitrogens is 1. The van der Waals surface area contributed by atoms with Crippen molar-refractivity contribution in [3.05, 3.63) is 11.1 Å². The van der Waals surface area contributed by atoms with Gasteiger partial charge in [-0.25, -0.2) is 24.0 Å². The van der Waals surface area contributed by atoms with E-state index < -0.39 is 63.8 Å². The standard InChI is InChI=1S/C15H19N7O9S2/c1-6(23)20-33(29,30)21-14(28)22-4-7(11(22)25)17-10(24)9(8-5-32-13(16)18-8)19-31-15(2,3)12(26)27/h5,7H,4H2,1-3H3,(H2,16,18)(H,17,24)(H,20,23)(H,21,28)(H,26,27)/b19-9-. The van der Waals surface area contributed by atoms with E-state index in [4.69, 9.17) is 15.7 Å². The van der Waals surface area contributed by atoms with Crippen LogP contribution in [0, 0.1) is 0 Å². The van der Waals surface area contributed by atoms with Crippen LogP contribution >= 0.6 is 11.3 Å². The summed E-state index contributed by atoms with van der Waals surface area (Å²) in [5.41, 5.74) is 3.21. The number of oxime groups is 1. The van der Waals surface area contributed by atoms with Gasteiger partial charge in [0, 0.05) is 12.3 Å². The number of anilines is 1. The van der Waals surface area contributed by atoms with Crippen LogP contribution in [-0.4, -0.2) is 77.0 Å². The zero-order valence-corrected chi connectivity index (χ0v) is 18.9. The second-order valence-corrected chi connectivity index (χ2v) is 9.27. The van der Waals surface area contributed by atoms with Crippen LogP contribution < -0.4 is 20.5 Å². The number of urea groups is 1. The molecule has 1 fully saturated rings. The van der Waals surface area contributed by atoms with Crippen LogP contribution in [0.2, 0.25) is 0 Å². The summed E-state index contributed by atoms with van der Waals surface area (Å²) in [4.78, 5) is 68.1. The number of nitrogens with zero attached hydrogens (tertiary/aromatic N) is 3. The van der Waals surface area contributed by atoms with E-state index in [2.05, 4.69) is 15.5 Å². The number of carbonyl (C=O) groups is 5. The second kappa shape index (κ2) is 9.36. The summed E-state index contributed by atoms with van der Waals surface area (Å²) < 4.78 is 26.1. The zero-order valence-electron chi connectivity index (χ0n) is 17.3. The Labute approximate surface area is 190 Å². The Morgan fingerprint density at radius 3 is 2.45 bits per heavy atom. The van der Waals surface area contributed by atoms with Crippen molar-refractivity contribution < 1.29 is 42.3 Å². The molecule has 1 aliphatic rings. The molecule has 0 aliphatic carbocycles. The number of hydrogen-bond donors (Lipinski definition) is 5. The fraction of sp³-hybridized carbons (Fsp3) is 0.400. The molecule has 0 spiro atoms. The number of carboxylic acids is 1. The van der Waals surface area contributed by atoms with Crippen molar-refractivity contribution in [2.24, 2.45) is 5.16 Å². The molecule has 0 aromatic carbocycles. The van der Waals surface area contributed by atoms with Gasteiger partial charge in [-0.1, -0.05) is 5.16 Å². The number of carboxylic acid groups (broad SMARTS) is 1. The van der Waals surface area contributed by atoms with Crippen molar-refractivity contribution in [3.63, 3.8) is 0 Å². The normalized spacial score (nSPS) is 16.5. The Morgan fingerprint density at radius 2 is 1.97 bits per heavy atom. The number of carbonyl (C=O) groups excluding carboxylic acids is 4. The van der Waals surface area contributed by atoms with E-state index in [0.717, 1.165) is 18.3 Å². The van der Waals surface area contributed by atoms with Crippen molar-refractivity contribution in [1.82, 2.24) is 24.6 Å². The van der Waals surface area contributed by atoms with Gasteiger partial charge in [0.1, 0.15) is 11.7 Å². The summed E-state index contributed by atoms with van der Waals surface area (Å²) >= 11 is 0.962. The first-order valence-electron chi connectivity index (χ1n) is 8.81. The molecule has 1 aromatic rings. The van der Waals surface area contributed by atoms with Crippen LogP contribution in [0.1, 0.15) is 26.5 Å². The largest absolute Gasteiger partial charge is 0.478 e. The first-order chi connectivity index (χ1) is 15.1. The summed E-state index contributed by atoms with van der Waals surface area (Å²) in [5.74, 6) is -4.28. The molecule has 1 aliphatic heterocycles. The molecule has 33 heavy (non-hydrogen) atoms. The molecule has 0 saturated carbocycles. The molecule has 2 heterocycles. The van der Waals surface area contributed by atoms with E-state index in [1.807, 2.05) is 0 Å². The van der Waals surface area contributed by atoms with Crippen molar-refractivity contribution >= 4 is 62.1 Å². The lowest BCUT2D eigenvalue weighted by atomic mass is 10.1. The molecule has 6 N–H and O–H groups in total. The molecular weight excluding hydrogens is 486 g/mol. The van der Waals surface area contributed by atoms with Crippen LogP contribution in [0.4, 0.5) is 9.93 Å². The first-order valence-corrected chi connectivity index (χ1v) is 11.2. The number of nitrogens with one attached hydrogen (secondary N) is 3. The topological polar surface area (TPSA) is 240 Å². The van der Waals surface area contributed by atoms with E-state index in [0.29, 0.717) is 4.90 Å². The average Bonchev–Trinajstić information content (AvgIpc) is 3.08. The maximum absolute atomic E-state index is 12.7. The van der Waals surface area contributed by atoms with Crippen LogP contribution in [-0.2, 0) is 34.2 Å².